The maximum Gasteiger partial charge on any atom is 0.147 e. The van der Waals surface area contributed by atoms with Crippen molar-refractivity contribution in [2.45, 2.75) is 6.42 Å². The number of hydrogen-bond acceptors (Lipinski definition) is 3. The summed E-state index contributed by atoms with van der Waals surface area (Å²) in [5, 5.41) is 7.19. The first-order valence-electron chi connectivity index (χ1n) is 3.75. The first kappa shape index (κ1) is 7.03. The molecule has 60 valence electrons. The van der Waals surface area contributed by atoms with E-state index in [0.29, 0.717) is 0 Å². The van der Waals surface area contributed by atoms with Crippen molar-refractivity contribution < 1.29 is 4.52 Å². The Balaban J connectivity index is 2.15. The third-order valence-electron chi connectivity index (χ3n) is 1.63. The van der Waals surface area contributed by atoms with Gasteiger partial charge in [0.25, 0.3) is 0 Å². The number of nitrogens with zero attached hydrogens (tertiary/aromatic N) is 2. The molecule has 0 aliphatic rings. The molecule has 0 radical (unpaired) electrons. The van der Waals surface area contributed by atoms with Crippen LogP contribution in [-0.4, -0.2) is 10.4 Å². The maximum atomic E-state index is 4.63. The molecule has 3 heteroatoms. The lowest BCUT2D eigenvalue weighted by atomic mass is 10.1. The second kappa shape index (κ2) is 3.17. The van der Waals surface area contributed by atoms with Crippen LogP contribution in [0, 0.1) is 0 Å². The minimum absolute atomic E-state index is 0.782. The fourth-order valence-electron chi connectivity index (χ4n) is 1.07. The first-order valence-corrected chi connectivity index (χ1v) is 3.75. The molecule has 3 nitrogen and oxygen atoms in total. The smallest absolute Gasteiger partial charge is 0.147 e. The highest BCUT2D eigenvalue weighted by Gasteiger charge is 1.97. The van der Waals surface area contributed by atoms with Gasteiger partial charge in [-0.15, -0.1) is 5.10 Å². The molecule has 0 spiro atoms. The molecule has 1 heterocycles. The van der Waals surface area contributed by atoms with Gasteiger partial charge in [0.2, 0.25) is 0 Å². The Kier molecular flexibility index (Phi) is 1.86. The SMILES string of the molecule is c1ccc(Cc2conn2)cc1. The predicted molar refractivity (Wildman–Crippen MR) is 43.5 cm³/mol. The Morgan fingerprint density at radius 2 is 2.00 bits per heavy atom. The quantitative estimate of drug-likeness (QED) is 0.670. The highest BCUT2D eigenvalue weighted by Crippen LogP contribution is 2.04. The van der Waals surface area contributed by atoms with E-state index in [-0.39, 0.29) is 0 Å². The van der Waals surface area contributed by atoms with Crippen LogP contribution in [0.3, 0.4) is 0 Å². The van der Waals surface area contributed by atoms with Crippen molar-refractivity contribution >= 4 is 0 Å². The zero-order valence-corrected chi connectivity index (χ0v) is 6.47. The van der Waals surface area contributed by atoms with E-state index in [9.17, 15) is 0 Å². The highest BCUT2D eigenvalue weighted by atomic mass is 16.5. The lowest BCUT2D eigenvalue weighted by Gasteiger charge is -1.93. The third kappa shape index (κ3) is 1.50. The van der Waals surface area contributed by atoms with Crippen LogP contribution in [0.25, 0.3) is 0 Å². The van der Waals surface area contributed by atoms with E-state index in [1.54, 1.807) is 6.26 Å². The molecule has 0 bridgehead atoms. The summed E-state index contributed by atoms with van der Waals surface area (Å²) in [6, 6.07) is 10.1. The first-order chi connectivity index (χ1) is 5.95. The summed E-state index contributed by atoms with van der Waals surface area (Å²) in [6.07, 6.45) is 2.34. The van der Waals surface area contributed by atoms with Crippen LogP contribution in [-0.2, 0) is 6.42 Å². The lowest BCUT2D eigenvalue weighted by molar-refractivity contribution is 0.392. The van der Waals surface area contributed by atoms with Gasteiger partial charge in [0.05, 0.1) is 0 Å². The van der Waals surface area contributed by atoms with Gasteiger partial charge in [-0.05, 0) is 5.56 Å². The third-order valence-corrected chi connectivity index (χ3v) is 1.63. The van der Waals surface area contributed by atoms with E-state index in [4.69, 9.17) is 0 Å². The van der Waals surface area contributed by atoms with E-state index < -0.39 is 0 Å². The van der Waals surface area contributed by atoms with Gasteiger partial charge in [-0.1, -0.05) is 30.3 Å². The van der Waals surface area contributed by atoms with E-state index in [1.807, 2.05) is 18.2 Å². The Morgan fingerprint density at radius 3 is 2.67 bits per heavy atom. The summed E-state index contributed by atoms with van der Waals surface area (Å²) < 4.78 is 4.63. The molecule has 0 aliphatic heterocycles. The molecule has 0 aliphatic carbocycles. The Morgan fingerprint density at radius 1 is 1.17 bits per heavy atom. The molecule has 2 aromatic rings. The standard InChI is InChI=1S/C9H8N2O/c1-2-4-8(5-3-1)6-9-7-12-11-10-9/h1-5,7H,6H2. The molecule has 0 atom stereocenters. The number of benzene rings is 1. The summed E-state index contributed by atoms with van der Waals surface area (Å²) in [7, 11) is 0. The number of hydrogen-bond donors (Lipinski definition) is 0. The number of rotatable bonds is 2. The van der Waals surface area contributed by atoms with Crippen molar-refractivity contribution in [2.24, 2.45) is 0 Å². The van der Waals surface area contributed by atoms with Crippen molar-refractivity contribution in [1.29, 1.82) is 0 Å². The van der Waals surface area contributed by atoms with Crippen LogP contribution in [0.5, 0.6) is 0 Å². The van der Waals surface area contributed by atoms with Crippen LogP contribution in [0.2, 0.25) is 0 Å². The molecule has 0 amide bonds. The van der Waals surface area contributed by atoms with E-state index in [0.717, 1.165) is 12.1 Å². The molecule has 0 N–H and O–H groups in total. The van der Waals surface area contributed by atoms with Crippen LogP contribution in [0.1, 0.15) is 11.3 Å². The number of aromatic nitrogens is 2. The molecule has 12 heavy (non-hydrogen) atoms. The fraction of sp³-hybridized carbons (Fsp3) is 0.111. The zero-order valence-electron chi connectivity index (χ0n) is 6.47. The fourth-order valence-corrected chi connectivity index (χ4v) is 1.07. The largest absolute Gasteiger partial charge is 0.345 e. The second-order valence-corrected chi connectivity index (χ2v) is 2.56. The normalized spacial score (nSPS) is 10.0. The summed E-state index contributed by atoms with van der Waals surface area (Å²) in [5.41, 5.74) is 2.08. The molecule has 1 aromatic carbocycles. The maximum absolute atomic E-state index is 4.63. The van der Waals surface area contributed by atoms with E-state index >= 15 is 0 Å². The molecule has 0 saturated carbocycles. The Labute approximate surface area is 70.0 Å². The molecule has 1 aromatic heterocycles. The minimum Gasteiger partial charge on any atom is -0.345 e. The monoisotopic (exact) mass is 160 g/mol. The van der Waals surface area contributed by atoms with Crippen molar-refractivity contribution in [3.8, 4) is 0 Å². The van der Waals surface area contributed by atoms with Gasteiger partial charge >= 0.3 is 0 Å². The molecule has 0 saturated heterocycles. The Bertz CT molecular complexity index is 329. The summed E-state index contributed by atoms with van der Waals surface area (Å²) in [6.45, 7) is 0. The molecular weight excluding hydrogens is 152 g/mol. The van der Waals surface area contributed by atoms with Gasteiger partial charge < -0.3 is 4.52 Å². The average molecular weight is 160 g/mol. The minimum atomic E-state index is 0.782. The van der Waals surface area contributed by atoms with Gasteiger partial charge in [0, 0.05) is 11.7 Å². The topological polar surface area (TPSA) is 38.9 Å². The van der Waals surface area contributed by atoms with E-state index in [2.05, 4.69) is 27.0 Å². The van der Waals surface area contributed by atoms with Crippen molar-refractivity contribution in [2.75, 3.05) is 0 Å². The summed E-state index contributed by atoms with van der Waals surface area (Å²) in [4.78, 5) is 0. The Hall–Kier alpha value is -1.64. The van der Waals surface area contributed by atoms with Gasteiger partial charge in [-0.3, -0.25) is 0 Å². The van der Waals surface area contributed by atoms with Gasteiger partial charge in [-0.2, -0.15) is 0 Å². The van der Waals surface area contributed by atoms with Crippen molar-refractivity contribution in [3.05, 3.63) is 47.9 Å². The van der Waals surface area contributed by atoms with Crippen molar-refractivity contribution in [1.82, 2.24) is 10.4 Å². The van der Waals surface area contributed by atoms with Crippen LogP contribution in [0.4, 0.5) is 0 Å². The average Bonchev–Trinajstić information content (AvgIpc) is 2.59. The van der Waals surface area contributed by atoms with Gasteiger partial charge in [0.1, 0.15) is 12.0 Å². The second-order valence-electron chi connectivity index (χ2n) is 2.56. The summed E-state index contributed by atoms with van der Waals surface area (Å²) in [5.74, 6) is 0. The van der Waals surface area contributed by atoms with Gasteiger partial charge in [-0.25, -0.2) is 0 Å². The molecule has 2 rings (SSSR count). The lowest BCUT2D eigenvalue weighted by Crippen LogP contribution is -1.86. The summed E-state index contributed by atoms with van der Waals surface area (Å²) >= 11 is 0. The molecule has 0 fully saturated rings. The van der Waals surface area contributed by atoms with Crippen LogP contribution < -0.4 is 0 Å². The highest BCUT2D eigenvalue weighted by molar-refractivity contribution is 5.19. The van der Waals surface area contributed by atoms with Gasteiger partial charge in [0.15, 0.2) is 0 Å². The van der Waals surface area contributed by atoms with Crippen LogP contribution >= 0.6 is 0 Å². The predicted octanol–water partition coefficient (Wildman–Crippen LogP) is 1.66. The zero-order chi connectivity index (χ0) is 8.23. The molecular formula is C9H8N2O. The van der Waals surface area contributed by atoms with E-state index in [1.165, 1.54) is 5.56 Å². The van der Waals surface area contributed by atoms with Crippen molar-refractivity contribution in [3.63, 3.8) is 0 Å². The molecule has 0 unspecified atom stereocenters. The van der Waals surface area contributed by atoms with Crippen LogP contribution in [0.15, 0.2) is 41.1 Å².